The minimum Gasteiger partial charge on any atom is -1.00 e. The lowest BCUT2D eigenvalue weighted by Crippen LogP contribution is -3.00. The molecule has 0 fully saturated rings. The predicted octanol–water partition coefficient (Wildman–Crippen LogP) is 11.8. The molecule has 0 saturated carbocycles. The van der Waals surface area contributed by atoms with Gasteiger partial charge in [0.15, 0.2) is 0 Å². The molecule has 1 aromatic carbocycles. The maximum atomic E-state index is 2.46. The largest absolute Gasteiger partial charge is 1.00 e. The van der Waals surface area contributed by atoms with Crippen molar-refractivity contribution in [2.45, 2.75) is 213 Å². The molecule has 0 bridgehead atoms. The van der Waals surface area contributed by atoms with E-state index in [-0.39, 0.29) is 17.0 Å². The Balaban J connectivity index is 0.0000185. The van der Waals surface area contributed by atoms with E-state index in [0.29, 0.717) is 0 Å². The summed E-state index contributed by atoms with van der Waals surface area (Å²) in [6.45, 7) is 11.0. The van der Waals surface area contributed by atoms with Crippen LogP contribution in [0.1, 0.15) is 213 Å². The Hall–Kier alpha value is -0.340. The molecule has 0 aromatic heterocycles. The predicted molar refractivity (Wildman–Crippen MR) is 198 cm³/mol. The van der Waals surface area contributed by atoms with E-state index >= 15 is 0 Å². The maximum absolute atomic E-state index is 2.46. The number of para-hydroxylation sites is 1. The lowest BCUT2D eigenvalue weighted by Gasteiger charge is -2.39. The molecule has 0 aliphatic carbocycles. The average molecular weight is 679 g/mol. The second kappa shape index (κ2) is 34.0. The van der Waals surface area contributed by atoms with Gasteiger partial charge in [-0.25, -0.2) is 0 Å². The number of unbranched alkanes of at least 4 members (excludes halogenated alkanes) is 27. The van der Waals surface area contributed by atoms with E-state index in [1.54, 1.807) is 5.69 Å². The van der Waals surface area contributed by atoms with Crippen LogP contribution in [-0.4, -0.2) is 19.6 Å². The van der Waals surface area contributed by atoms with E-state index in [9.17, 15) is 0 Å². The van der Waals surface area contributed by atoms with E-state index < -0.39 is 0 Å². The molecule has 0 aliphatic rings. The van der Waals surface area contributed by atoms with Crippen LogP contribution in [0, 0.1) is 0 Å². The molecular weight excluding hydrogens is 598 g/mol. The molecule has 1 nitrogen and oxygen atoms in total. The van der Waals surface area contributed by atoms with Gasteiger partial charge in [0.25, 0.3) is 0 Å². The standard InChI is InChI=1S/C42H80N.BrH/c1-4-7-10-13-16-19-22-25-28-34-39-43(42-37-32-31-33-38-42,40-35-29-26-23-20-17-14-11-8-5-2)41-36-30-27-24-21-18-15-12-9-6-3;/h31-33,37-38H,4-30,34-36,39-41H2,1-3H3;1H/q+1;/p-1. The maximum Gasteiger partial charge on any atom is 0.132 e. The molecule has 0 unspecified atom stereocenters. The zero-order valence-corrected chi connectivity index (χ0v) is 32.1. The van der Waals surface area contributed by atoms with Crippen LogP contribution in [0.2, 0.25) is 0 Å². The van der Waals surface area contributed by atoms with Crippen molar-refractivity contribution in [3.05, 3.63) is 30.3 Å². The fourth-order valence-corrected chi connectivity index (χ4v) is 7.17. The van der Waals surface area contributed by atoms with Gasteiger partial charge in [0.2, 0.25) is 0 Å². The van der Waals surface area contributed by atoms with Crippen molar-refractivity contribution in [2.75, 3.05) is 19.6 Å². The lowest BCUT2D eigenvalue weighted by molar-refractivity contribution is -0.00000947. The van der Waals surface area contributed by atoms with E-state index in [1.165, 1.54) is 217 Å². The van der Waals surface area contributed by atoms with Crippen LogP contribution in [0.15, 0.2) is 30.3 Å². The summed E-state index contributed by atoms with van der Waals surface area (Å²) >= 11 is 0. The highest BCUT2D eigenvalue weighted by Crippen LogP contribution is 2.27. The van der Waals surface area contributed by atoms with Crippen LogP contribution in [-0.2, 0) is 0 Å². The molecule has 44 heavy (non-hydrogen) atoms. The molecule has 260 valence electrons. The van der Waals surface area contributed by atoms with Gasteiger partial charge in [0.05, 0.1) is 19.6 Å². The first kappa shape index (κ1) is 43.7. The van der Waals surface area contributed by atoms with Crippen molar-refractivity contribution < 1.29 is 17.0 Å². The normalized spacial score (nSPS) is 11.6. The summed E-state index contributed by atoms with van der Waals surface area (Å²) in [5, 5.41) is 0. The minimum absolute atomic E-state index is 0. The van der Waals surface area contributed by atoms with Gasteiger partial charge in [0, 0.05) is 0 Å². The summed E-state index contributed by atoms with van der Waals surface area (Å²) in [5.74, 6) is 0. The Morgan fingerprint density at radius 2 is 0.545 bits per heavy atom. The lowest BCUT2D eigenvalue weighted by atomic mass is 10.0. The number of benzene rings is 1. The number of quaternary nitrogens is 1. The summed E-state index contributed by atoms with van der Waals surface area (Å²) in [6.07, 6.45) is 43.0. The van der Waals surface area contributed by atoms with Crippen LogP contribution in [0.4, 0.5) is 5.69 Å². The van der Waals surface area contributed by atoms with Crippen LogP contribution in [0.25, 0.3) is 0 Å². The Bertz CT molecular complexity index is 599. The van der Waals surface area contributed by atoms with Crippen molar-refractivity contribution in [2.24, 2.45) is 0 Å². The number of hydrogen-bond acceptors (Lipinski definition) is 0. The monoisotopic (exact) mass is 678 g/mol. The third-order valence-corrected chi connectivity index (χ3v) is 10.1. The van der Waals surface area contributed by atoms with Crippen molar-refractivity contribution >= 4 is 5.69 Å². The van der Waals surface area contributed by atoms with Crippen LogP contribution >= 0.6 is 0 Å². The fraction of sp³-hybridized carbons (Fsp3) is 0.857. The van der Waals surface area contributed by atoms with Crippen molar-refractivity contribution in [1.82, 2.24) is 4.48 Å². The van der Waals surface area contributed by atoms with Crippen molar-refractivity contribution in [1.29, 1.82) is 0 Å². The number of halogens is 1. The molecule has 0 aliphatic heterocycles. The number of hydrogen-bond donors (Lipinski definition) is 0. The van der Waals surface area contributed by atoms with E-state index in [1.807, 2.05) is 0 Å². The van der Waals surface area contributed by atoms with Gasteiger partial charge in [-0.3, -0.25) is 4.48 Å². The first-order valence-electron chi connectivity index (χ1n) is 20.2. The van der Waals surface area contributed by atoms with Gasteiger partial charge in [-0.05, 0) is 50.7 Å². The molecule has 0 radical (unpaired) electrons. The van der Waals surface area contributed by atoms with Crippen LogP contribution < -0.4 is 21.5 Å². The first-order chi connectivity index (χ1) is 21.3. The Morgan fingerprint density at radius 1 is 0.318 bits per heavy atom. The Kier molecular flexibility index (Phi) is 33.7. The fourth-order valence-electron chi connectivity index (χ4n) is 7.17. The quantitative estimate of drug-likeness (QED) is 0.0503. The molecule has 0 heterocycles. The van der Waals surface area contributed by atoms with E-state index in [0.717, 1.165) is 0 Å². The second-order valence-electron chi connectivity index (χ2n) is 14.2. The molecular formula is C42H80BrN. The summed E-state index contributed by atoms with van der Waals surface area (Å²) in [6, 6.07) is 11.8. The topological polar surface area (TPSA) is 0 Å². The average Bonchev–Trinajstić information content (AvgIpc) is 3.03. The zero-order valence-electron chi connectivity index (χ0n) is 30.5. The molecule has 0 N–H and O–H groups in total. The van der Waals surface area contributed by atoms with Gasteiger partial charge in [-0.15, -0.1) is 0 Å². The highest BCUT2D eigenvalue weighted by Gasteiger charge is 2.29. The molecule has 1 rings (SSSR count). The second-order valence-corrected chi connectivity index (χ2v) is 14.2. The Morgan fingerprint density at radius 3 is 0.795 bits per heavy atom. The highest BCUT2D eigenvalue weighted by molar-refractivity contribution is 5.42. The summed E-state index contributed by atoms with van der Waals surface area (Å²) in [7, 11) is 0. The van der Waals surface area contributed by atoms with Crippen LogP contribution in [0.3, 0.4) is 0 Å². The highest BCUT2D eigenvalue weighted by atomic mass is 79.9. The van der Waals surface area contributed by atoms with Gasteiger partial charge >= 0.3 is 0 Å². The molecule has 1 aromatic rings. The van der Waals surface area contributed by atoms with E-state index in [2.05, 4.69) is 51.1 Å². The summed E-state index contributed by atoms with van der Waals surface area (Å²) in [4.78, 5) is 0. The van der Waals surface area contributed by atoms with E-state index in [4.69, 9.17) is 0 Å². The van der Waals surface area contributed by atoms with Crippen molar-refractivity contribution in [3.8, 4) is 0 Å². The van der Waals surface area contributed by atoms with Gasteiger partial charge < -0.3 is 17.0 Å². The SMILES string of the molecule is CCCCCCCCCCCC[N+](CCCCCCCCCCCC)(CCCCCCCCCCCC)c1ccccc1.[Br-]. The molecule has 0 saturated heterocycles. The molecule has 0 spiro atoms. The minimum atomic E-state index is 0. The van der Waals surface area contributed by atoms with Crippen LogP contribution in [0.5, 0.6) is 0 Å². The van der Waals surface area contributed by atoms with Gasteiger partial charge in [-0.1, -0.05) is 193 Å². The summed E-state index contributed by atoms with van der Waals surface area (Å²) < 4.78 is 1.26. The number of nitrogens with zero attached hydrogens (tertiary/aromatic N) is 1. The summed E-state index contributed by atoms with van der Waals surface area (Å²) in [5.41, 5.74) is 1.60. The number of rotatable bonds is 34. The van der Waals surface area contributed by atoms with Crippen molar-refractivity contribution in [3.63, 3.8) is 0 Å². The zero-order chi connectivity index (χ0) is 30.9. The Labute approximate surface area is 289 Å². The smallest absolute Gasteiger partial charge is 0.132 e. The van der Waals surface area contributed by atoms with Gasteiger partial charge in [0.1, 0.15) is 5.69 Å². The first-order valence-corrected chi connectivity index (χ1v) is 20.2. The molecule has 0 amide bonds. The third kappa shape index (κ3) is 24.8. The van der Waals surface area contributed by atoms with Gasteiger partial charge in [-0.2, -0.15) is 0 Å². The third-order valence-electron chi connectivity index (χ3n) is 10.1. The molecule has 2 heteroatoms. The molecule has 0 atom stereocenters.